The molecule has 19 heavy (non-hydrogen) atoms. The summed E-state index contributed by atoms with van der Waals surface area (Å²) in [5, 5.41) is 0. The minimum atomic E-state index is -0.395. The highest BCUT2D eigenvalue weighted by Gasteiger charge is 2.45. The smallest absolute Gasteiger partial charge is 0.187 e. The molecule has 0 spiro atoms. The van der Waals surface area contributed by atoms with Gasteiger partial charge in [0.1, 0.15) is 12.2 Å². The first-order chi connectivity index (χ1) is 9.19. The van der Waals surface area contributed by atoms with Crippen molar-refractivity contribution < 1.29 is 23.7 Å². The highest BCUT2D eigenvalue weighted by molar-refractivity contribution is 4.85. The van der Waals surface area contributed by atoms with E-state index in [0.29, 0.717) is 26.4 Å². The zero-order chi connectivity index (χ0) is 14.3. The van der Waals surface area contributed by atoms with Gasteiger partial charge in [0.05, 0.1) is 0 Å². The van der Waals surface area contributed by atoms with Crippen molar-refractivity contribution in [3.63, 3.8) is 0 Å². The van der Waals surface area contributed by atoms with Gasteiger partial charge in [-0.1, -0.05) is 6.92 Å². The molecule has 0 N–H and O–H groups in total. The van der Waals surface area contributed by atoms with Gasteiger partial charge >= 0.3 is 0 Å². The molecule has 0 aromatic rings. The summed E-state index contributed by atoms with van der Waals surface area (Å²) in [5.74, 6) is 0.154. The van der Waals surface area contributed by atoms with E-state index < -0.39 is 12.6 Å². The van der Waals surface area contributed by atoms with Gasteiger partial charge in [0.2, 0.25) is 0 Å². The van der Waals surface area contributed by atoms with Crippen LogP contribution in [0.5, 0.6) is 0 Å². The van der Waals surface area contributed by atoms with E-state index in [0.717, 1.165) is 0 Å². The normalized spacial score (nSPS) is 35.5. The summed E-state index contributed by atoms with van der Waals surface area (Å²) < 4.78 is 28.7. The molecule has 5 atom stereocenters. The van der Waals surface area contributed by atoms with E-state index in [1.165, 1.54) is 0 Å². The lowest BCUT2D eigenvalue weighted by Gasteiger charge is -2.44. The molecule has 114 valence electrons. The topological polar surface area (TPSA) is 46.2 Å². The van der Waals surface area contributed by atoms with Crippen molar-refractivity contribution >= 4 is 0 Å². The largest absolute Gasteiger partial charge is 0.373 e. The Labute approximate surface area is 116 Å². The third kappa shape index (κ3) is 4.39. The number of hydrogen-bond acceptors (Lipinski definition) is 5. The first kappa shape index (κ1) is 16.9. The summed E-state index contributed by atoms with van der Waals surface area (Å²) in [6.07, 6.45) is -1.04. The van der Waals surface area contributed by atoms with Crippen LogP contribution in [0.1, 0.15) is 34.6 Å². The van der Waals surface area contributed by atoms with Gasteiger partial charge in [-0.3, -0.25) is 0 Å². The van der Waals surface area contributed by atoms with Crippen LogP contribution in [0.3, 0.4) is 0 Å². The van der Waals surface area contributed by atoms with Crippen LogP contribution in [0.15, 0.2) is 0 Å². The molecule has 1 heterocycles. The lowest BCUT2D eigenvalue weighted by atomic mass is 9.94. The molecule has 0 bridgehead atoms. The first-order valence-corrected chi connectivity index (χ1v) is 7.31. The van der Waals surface area contributed by atoms with E-state index in [9.17, 15) is 0 Å². The second-order valence-corrected chi connectivity index (χ2v) is 4.48. The fourth-order valence-corrected chi connectivity index (χ4v) is 2.41. The minimum absolute atomic E-state index is 0.127. The molecule has 0 aliphatic carbocycles. The average molecular weight is 276 g/mol. The summed E-state index contributed by atoms with van der Waals surface area (Å²) in [7, 11) is 0. The van der Waals surface area contributed by atoms with E-state index in [4.69, 9.17) is 23.7 Å². The molecular formula is C14H28O5. The lowest BCUT2D eigenvalue weighted by molar-refractivity contribution is -0.349. The van der Waals surface area contributed by atoms with Crippen LogP contribution in [-0.4, -0.2) is 51.2 Å². The fourth-order valence-electron chi connectivity index (χ4n) is 2.41. The van der Waals surface area contributed by atoms with Crippen molar-refractivity contribution in [3.8, 4) is 0 Å². The molecule has 0 aromatic carbocycles. The van der Waals surface area contributed by atoms with Crippen molar-refractivity contribution in [3.05, 3.63) is 0 Å². The van der Waals surface area contributed by atoms with Crippen LogP contribution in [0, 0.1) is 5.92 Å². The molecule has 1 aliphatic heterocycles. The maximum absolute atomic E-state index is 5.87. The fraction of sp³-hybridized carbons (Fsp3) is 1.00. The van der Waals surface area contributed by atoms with Crippen molar-refractivity contribution in [2.75, 3.05) is 26.4 Å². The molecule has 5 nitrogen and oxygen atoms in total. The standard InChI is InChI=1S/C14H28O5/c1-6-15-11-10(5)12(16-7-2)14(18-9-4)19-13(11)17-8-3/h10-14H,6-9H2,1-5H3/t10?,11-,12+,13-,14-/m0/s1. The Bertz CT molecular complexity index is 214. The molecule has 1 rings (SSSR count). The third-order valence-corrected chi connectivity index (χ3v) is 3.22. The second kappa shape index (κ2) is 8.87. The van der Waals surface area contributed by atoms with Gasteiger partial charge in [0.25, 0.3) is 0 Å². The monoisotopic (exact) mass is 276 g/mol. The predicted molar refractivity (Wildman–Crippen MR) is 71.9 cm³/mol. The molecule has 0 saturated carbocycles. The Morgan fingerprint density at radius 3 is 1.37 bits per heavy atom. The van der Waals surface area contributed by atoms with E-state index in [-0.39, 0.29) is 18.1 Å². The van der Waals surface area contributed by atoms with Crippen LogP contribution in [0.25, 0.3) is 0 Å². The van der Waals surface area contributed by atoms with Crippen molar-refractivity contribution in [2.24, 2.45) is 5.92 Å². The zero-order valence-corrected chi connectivity index (χ0v) is 12.8. The second-order valence-electron chi connectivity index (χ2n) is 4.48. The molecule has 1 unspecified atom stereocenters. The van der Waals surface area contributed by atoms with Crippen LogP contribution in [-0.2, 0) is 23.7 Å². The van der Waals surface area contributed by atoms with Gasteiger partial charge in [-0.25, -0.2) is 0 Å². The average Bonchev–Trinajstić information content (AvgIpc) is 2.39. The van der Waals surface area contributed by atoms with Crippen molar-refractivity contribution in [2.45, 2.75) is 59.4 Å². The first-order valence-electron chi connectivity index (χ1n) is 7.31. The quantitative estimate of drug-likeness (QED) is 0.680. The van der Waals surface area contributed by atoms with Gasteiger partial charge in [-0.05, 0) is 27.7 Å². The Kier molecular flexibility index (Phi) is 7.87. The molecule has 0 amide bonds. The minimum Gasteiger partial charge on any atom is -0.373 e. The van der Waals surface area contributed by atoms with Crippen molar-refractivity contribution in [1.29, 1.82) is 0 Å². The van der Waals surface area contributed by atoms with Gasteiger partial charge < -0.3 is 23.7 Å². The lowest BCUT2D eigenvalue weighted by Crippen LogP contribution is -2.56. The van der Waals surface area contributed by atoms with E-state index in [1.54, 1.807) is 0 Å². The zero-order valence-electron chi connectivity index (χ0n) is 12.8. The molecule has 0 aromatic heterocycles. The van der Waals surface area contributed by atoms with E-state index >= 15 is 0 Å². The molecule has 0 radical (unpaired) electrons. The number of hydrogen-bond donors (Lipinski definition) is 0. The van der Waals surface area contributed by atoms with Crippen molar-refractivity contribution in [1.82, 2.24) is 0 Å². The van der Waals surface area contributed by atoms with Gasteiger partial charge in [-0.2, -0.15) is 0 Å². The van der Waals surface area contributed by atoms with Gasteiger partial charge in [0.15, 0.2) is 12.6 Å². The van der Waals surface area contributed by atoms with Crippen LogP contribution in [0.2, 0.25) is 0 Å². The van der Waals surface area contributed by atoms with E-state index in [2.05, 4.69) is 6.92 Å². The summed E-state index contributed by atoms with van der Waals surface area (Å²) in [6.45, 7) is 12.3. The molecule has 1 aliphatic rings. The SMILES string of the molecule is CCO[C@H]1O[C@H](OCC)[C@@H](OCC)C(C)[C@H]1OCC. The Hall–Kier alpha value is -0.200. The summed E-state index contributed by atoms with van der Waals surface area (Å²) >= 11 is 0. The molecule has 5 heteroatoms. The maximum atomic E-state index is 5.87. The Balaban J connectivity index is 2.80. The van der Waals surface area contributed by atoms with Crippen LogP contribution < -0.4 is 0 Å². The molecule has 1 saturated heterocycles. The van der Waals surface area contributed by atoms with E-state index in [1.807, 2.05) is 27.7 Å². The molecular weight excluding hydrogens is 248 g/mol. The van der Waals surface area contributed by atoms with Gasteiger partial charge in [0, 0.05) is 32.3 Å². The Morgan fingerprint density at radius 1 is 0.684 bits per heavy atom. The molecule has 1 fully saturated rings. The number of rotatable bonds is 8. The van der Waals surface area contributed by atoms with Crippen LogP contribution >= 0.6 is 0 Å². The predicted octanol–water partition coefficient (Wildman–Crippen LogP) is 2.19. The summed E-state index contributed by atoms with van der Waals surface area (Å²) in [4.78, 5) is 0. The highest BCUT2D eigenvalue weighted by atomic mass is 16.8. The number of ether oxygens (including phenoxy) is 5. The Morgan fingerprint density at radius 2 is 1.05 bits per heavy atom. The summed E-state index contributed by atoms with van der Waals surface area (Å²) in [5.41, 5.74) is 0. The third-order valence-electron chi connectivity index (χ3n) is 3.22. The highest BCUT2D eigenvalue weighted by Crippen LogP contribution is 2.31. The van der Waals surface area contributed by atoms with Gasteiger partial charge in [-0.15, -0.1) is 0 Å². The van der Waals surface area contributed by atoms with Crippen LogP contribution in [0.4, 0.5) is 0 Å². The maximum Gasteiger partial charge on any atom is 0.187 e. The summed E-state index contributed by atoms with van der Waals surface area (Å²) in [6, 6.07) is 0.